The van der Waals surface area contributed by atoms with E-state index in [1.54, 1.807) is 0 Å². The molecule has 7 nitrogen and oxygen atoms in total. The Kier molecular flexibility index (Phi) is 7.71. The first kappa shape index (κ1) is 33.8. The predicted octanol–water partition coefficient (Wildman–Crippen LogP) is 12.7. The summed E-state index contributed by atoms with van der Waals surface area (Å²) in [5.74, 6) is 1.86. The Morgan fingerprint density at radius 2 is 0.650 bits per heavy atom. The predicted molar refractivity (Wildman–Crippen MR) is 243 cm³/mol. The van der Waals surface area contributed by atoms with Crippen LogP contribution in [0, 0.1) is 0 Å². The molecule has 7 heteroatoms. The third kappa shape index (κ3) is 5.71. The molecular weight excluding hydrogens is 735 g/mol. The van der Waals surface area contributed by atoms with Gasteiger partial charge < -0.3 is 0 Å². The Labute approximate surface area is 343 Å². The summed E-state index contributed by atoms with van der Waals surface area (Å²) in [5, 5.41) is 8.75. The van der Waals surface area contributed by atoms with Gasteiger partial charge in [-0.1, -0.05) is 115 Å². The number of benzene rings is 7. The van der Waals surface area contributed by atoms with E-state index in [9.17, 15) is 0 Å². The lowest BCUT2D eigenvalue weighted by Gasteiger charge is -2.12. The lowest BCUT2D eigenvalue weighted by Crippen LogP contribution is -2.00. The van der Waals surface area contributed by atoms with E-state index >= 15 is 0 Å². The van der Waals surface area contributed by atoms with Gasteiger partial charge in [-0.3, -0.25) is 19.9 Å². The van der Waals surface area contributed by atoms with Gasteiger partial charge in [-0.2, -0.15) is 0 Å². The maximum Gasteiger partial charge on any atom is 0.164 e. The molecule has 0 radical (unpaired) electrons. The minimum Gasteiger partial charge on any atom is -0.254 e. The number of hydrogen-bond donors (Lipinski definition) is 0. The zero-order chi connectivity index (χ0) is 39.6. The van der Waals surface area contributed by atoms with E-state index in [-0.39, 0.29) is 0 Å². The highest BCUT2D eigenvalue weighted by Gasteiger charge is 2.16. The van der Waals surface area contributed by atoms with Crippen molar-refractivity contribution < 1.29 is 0 Å². The van der Waals surface area contributed by atoms with Crippen LogP contribution in [0.3, 0.4) is 0 Å². The fourth-order valence-electron chi connectivity index (χ4n) is 8.47. The maximum atomic E-state index is 5.11. The average molecular weight is 766 g/mol. The quantitative estimate of drug-likeness (QED) is 0.161. The molecule has 0 atom stereocenters. The fourth-order valence-corrected chi connectivity index (χ4v) is 8.47. The Bertz CT molecular complexity index is 3460. The standard InChI is InChI=1S/C53H31N7/c1-2-6-34(7-3-1)51-58-52(41-16-12-35-28-39(14-10-37(35)30-41)43-22-26-56-49-45(43)20-18-32-8-4-24-54-47(32)49)60-53(59-51)42-17-13-36-29-40(15-11-38(36)31-42)44-23-27-57-50-46(44)21-19-33-9-5-25-55-48(33)50/h1-31H. The molecule has 0 saturated heterocycles. The summed E-state index contributed by atoms with van der Waals surface area (Å²) in [4.78, 5) is 33.9. The van der Waals surface area contributed by atoms with Crippen molar-refractivity contribution in [2.24, 2.45) is 0 Å². The second-order valence-corrected chi connectivity index (χ2v) is 15.0. The van der Waals surface area contributed by atoms with E-state index in [0.717, 1.165) is 104 Å². The molecule has 0 saturated carbocycles. The van der Waals surface area contributed by atoms with Gasteiger partial charge in [-0.25, -0.2) is 15.0 Å². The molecular formula is C53H31N7. The normalized spacial score (nSPS) is 11.7. The molecule has 0 N–H and O–H groups in total. The van der Waals surface area contributed by atoms with Crippen molar-refractivity contribution in [3.05, 3.63) is 189 Å². The van der Waals surface area contributed by atoms with Crippen molar-refractivity contribution in [1.82, 2.24) is 34.9 Å². The molecule has 5 heterocycles. The molecule has 0 aliphatic heterocycles. The molecule has 60 heavy (non-hydrogen) atoms. The molecule has 0 aliphatic rings. The van der Waals surface area contributed by atoms with Gasteiger partial charge >= 0.3 is 0 Å². The highest BCUT2D eigenvalue weighted by atomic mass is 15.0. The molecule has 0 fully saturated rings. The Morgan fingerprint density at radius 1 is 0.250 bits per heavy atom. The summed E-state index contributed by atoms with van der Waals surface area (Å²) in [7, 11) is 0. The monoisotopic (exact) mass is 765 g/mol. The van der Waals surface area contributed by atoms with Gasteiger partial charge in [0.2, 0.25) is 0 Å². The van der Waals surface area contributed by atoms with Gasteiger partial charge in [0, 0.05) is 63.0 Å². The van der Waals surface area contributed by atoms with Crippen molar-refractivity contribution in [1.29, 1.82) is 0 Å². The first-order valence-corrected chi connectivity index (χ1v) is 19.9. The molecule has 12 aromatic rings. The summed E-state index contributed by atoms with van der Waals surface area (Å²) in [5.41, 5.74) is 10.9. The first-order chi connectivity index (χ1) is 29.7. The van der Waals surface area contributed by atoms with E-state index in [0.29, 0.717) is 17.5 Å². The molecule has 0 amide bonds. The number of rotatable bonds is 5. The maximum absolute atomic E-state index is 5.11. The van der Waals surface area contributed by atoms with Crippen LogP contribution in [0.2, 0.25) is 0 Å². The summed E-state index contributed by atoms with van der Waals surface area (Å²) in [6, 6.07) is 56.9. The molecule has 5 aromatic heterocycles. The summed E-state index contributed by atoms with van der Waals surface area (Å²) in [6.45, 7) is 0. The highest BCUT2D eigenvalue weighted by Crippen LogP contribution is 2.36. The van der Waals surface area contributed by atoms with E-state index in [1.165, 1.54) is 0 Å². The Balaban J connectivity index is 0.923. The van der Waals surface area contributed by atoms with Crippen molar-refractivity contribution in [3.8, 4) is 56.4 Å². The zero-order valence-electron chi connectivity index (χ0n) is 32.0. The van der Waals surface area contributed by atoms with Crippen molar-refractivity contribution in [2.75, 3.05) is 0 Å². The summed E-state index contributed by atoms with van der Waals surface area (Å²) in [6.07, 6.45) is 7.39. The lowest BCUT2D eigenvalue weighted by molar-refractivity contribution is 1.08. The van der Waals surface area contributed by atoms with Crippen molar-refractivity contribution >= 4 is 65.2 Å². The first-order valence-electron chi connectivity index (χ1n) is 19.9. The number of nitrogens with zero attached hydrogens (tertiary/aromatic N) is 7. The largest absolute Gasteiger partial charge is 0.254 e. The number of aromatic nitrogens is 7. The molecule has 0 spiro atoms. The van der Waals surface area contributed by atoms with Crippen LogP contribution in [-0.4, -0.2) is 34.9 Å². The van der Waals surface area contributed by atoms with Crippen LogP contribution in [0.1, 0.15) is 0 Å². The Hall–Kier alpha value is -8.29. The van der Waals surface area contributed by atoms with E-state index in [4.69, 9.17) is 24.9 Å². The third-order valence-electron chi connectivity index (χ3n) is 11.5. The molecule has 7 aromatic carbocycles. The second-order valence-electron chi connectivity index (χ2n) is 15.0. The smallest absolute Gasteiger partial charge is 0.164 e. The minimum atomic E-state index is 0.617. The van der Waals surface area contributed by atoms with Crippen LogP contribution >= 0.6 is 0 Å². The van der Waals surface area contributed by atoms with E-state index in [2.05, 4.69) is 131 Å². The molecule has 0 bridgehead atoms. The fraction of sp³-hybridized carbons (Fsp3) is 0. The topological polar surface area (TPSA) is 90.2 Å². The number of hydrogen-bond acceptors (Lipinski definition) is 7. The summed E-state index contributed by atoms with van der Waals surface area (Å²) >= 11 is 0. The van der Waals surface area contributed by atoms with Crippen LogP contribution < -0.4 is 0 Å². The molecule has 12 rings (SSSR count). The molecule has 0 aliphatic carbocycles. The average Bonchev–Trinajstić information content (AvgIpc) is 3.33. The molecule has 278 valence electrons. The van der Waals surface area contributed by atoms with Crippen LogP contribution in [0.25, 0.3) is 122 Å². The third-order valence-corrected chi connectivity index (χ3v) is 11.5. The SMILES string of the molecule is c1ccc(-c2nc(-c3ccc4cc(-c5ccnc6c5ccc5cccnc56)ccc4c3)nc(-c3ccc4cc(-c5ccnc6c5ccc5cccnc56)ccc4c3)n2)cc1. The van der Waals surface area contributed by atoms with Gasteiger partial charge in [0.1, 0.15) is 0 Å². The van der Waals surface area contributed by atoms with Crippen LogP contribution in [0.15, 0.2) is 189 Å². The minimum absolute atomic E-state index is 0.617. The number of pyridine rings is 4. The van der Waals surface area contributed by atoms with Gasteiger partial charge in [0.15, 0.2) is 17.5 Å². The Morgan fingerprint density at radius 3 is 1.13 bits per heavy atom. The molecule has 0 unspecified atom stereocenters. The number of fused-ring (bicyclic) bond motifs is 8. The van der Waals surface area contributed by atoms with E-state index < -0.39 is 0 Å². The summed E-state index contributed by atoms with van der Waals surface area (Å²) < 4.78 is 0. The van der Waals surface area contributed by atoms with Gasteiger partial charge in [0.25, 0.3) is 0 Å². The van der Waals surface area contributed by atoms with Crippen molar-refractivity contribution in [2.45, 2.75) is 0 Å². The lowest BCUT2D eigenvalue weighted by atomic mass is 9.96. The van der Waals surface area contributed by atoms with Crippen LogP contribution in [0.4, 0.5) is 0 Å². The second kappa shape index (κ2) is 13.7. The van der Waals surface area contributed by atoms with Gasteiger partial charge in [-0.05, 0) is 92.3 Å². The van der Waals surface area contributed by atoms with Gasteiger partial charge in [-0.15, -0.1) is 0 Å². The van der Waals surface area contributed by atoms with Crippen LogP contribution in [-0.2, 0) is 0 Å². The highest BCUT2D eigenvalue weighted by molar-refractivity contribution is 6.10. The van der Waals surface area contributed by atoms with Crippen molar-refractivity contribution in [3.63, 3.8) is 0 Å². The van der Waals surface area contributed by atoms with Crippen LogP contribution in [0.5, 0.6) is 0 Å². The van der Waals surface area contributed by atoms with Gasteiger partial charge in [0.05, 0.1) is 22.1 Å². The van der Waals surface area contributed by atoms with E-state index in [1.807, 2.05) is 67.3 Å². The zero-order valence-corrected chi connectivity index (χ0v) is 32.0.